The molecule has 0 spiro atoms. The molecule has 1 fully saturated rings. The second kappa shape index (κ2) is 8.08. The first-order valence-corrected chi connectivity index (χ1v) is 10.3. The molecule has 2 aromatic rings. The molecule has 132 valence electrons. The van der Waals surface area contributed by atoms with E-state index >= 15 is 0 Å². The Morgan fingerprint density at radius 2 is 2.08 bits per heavy atom. The molecule has 1 aliphatic heterocycles. The van der Waals surface area contributed by atoms with E-state index in [1.54, 1.807) is 30.3 Å². The van der Waals surface area contributed by atoms with Gasteiger partial charge in [0.1, 0.15) is 11.5 Å². The molecule has 0 saturated carbocycles. The van der Waals surface area contributed by atoms with Gasteiger partial charge in [0.2, 0.25) is 5.91 Å². The van der Waals surface area contributed by atoms with Gasteiger partial charge in [-0.2, -0.15) is 5.10 Å². The van der Waals surface area contributed by atoms with Crippen LogP contribution in [0.3, 0.4) is 0 Å². The second-order valence-electron chi connectivity index (χ2n) is 5.63. The molecule has 1 aromatic heterocycles. The third-order valence-corrected chi connectivity index (χ3v) is 7.44. The normalized spacial score (nSPS) is 16.4. The maximum absolute atomic E-state index is 12.0. The van der Waals surface area contributed by atoms with E-state index < -0.39 is 0 Å². The molecule has 1 aliphatic rings. The Morgan fingerprint density at radius 3 is 2.84 bits per heavy atom. The summed E-state index contributed by atoms with van der Waals surface area (Å²) in [4.78, 5) is 12.0. The Bertz CT molecular complexity index is 802. The first-order valence-electron chi connectivity index (χ1n) is 7.60. The minimum Gasteiger partial charge on any atom is -0.455 e. The molecule has 0 atom stereocenters. The Hall–Kier alpha value is -1.08. The zero-order valence-corrected chi connectivity index (χ0v) is 16.6. The summed E-state index contributed by atoms with van der Waals surface area (Å²) in [7, 11) is 0. The number of nitrogens with zero attached hydrogens (tertiary/aromatic N) is 1. The molecule has 0 bridgehead atoms. The summed E-state index contributed by atoms with van der Waals surface area (Å²) in [6.07, 6.45) is 1.90. The standard InChI is InChI=1S/C17H16Cl2N2O2S2/c1-17(24-6-7-25-17)9-16(22)21-20-10-12-3-5-15(23-12)13-8-11(18)2-4-14(13)19/h2-5,8,10H,6-7,9H2,1H3,(H,21,22)/b20-10-. The molecular weight excluding hydrogens is 399 g/mol. The van der Waals surface area contributed by atoms with Crippen LogP contribution in [-0.2, 0) is 4.79 Å². The molecule has 25 heavy (non-hydrogen) atoms. The van der Waals surface area contributed by atoms with Crippen LogP contribution in [0.15, 0.2) is 39.9 Å². The van der Waals surface area contributed by atoms with Gasteiger partial charge < -0.3 is 4.42 Å². The molecule has 0 aliphatic carbocycles. The summed E-state index contributed by atoms with van der Waals surface area (Å²) < 4.78 is 5.63. The Kier molecular flexibility index (Phi) is 6.04. The Morgan fingerprint density at radius 1 is 1.32 bits per heavy atom. The number of hydrazone groups is 1. The zero-order valence-electron chi connectivity index (χ0n) is 13.4. The zero-order chi connectivity index (χ0) is 17.9. The molecule has 8 heteroatoms. The SMILES string of the molecule is CC1(CC(=O)N/N=C\c2ccc(-c3cc(Cl)ccc3Cl)o2)SCCS1. The minimum atomic E-state index is -0.106. The number of thioether (sulfide) groups is 2. The summed E-state index contributed by atoms with van der Waals surface area (Å²) >= 11 is 15.8. The first-order chi connectivity index (χ1) is 12.0. The fourth-order valence-electron chi connectivity index (χ4n) is 2.41. The summed E-state index contributed by atoms with van der Waals surface area (Å²) in [5.74, 6) is 3.16. The number of furan rings is 1. The summed E-state index contributed by atoms with van der Waals surface area (Å²) in [5.41, 5.74) is 3.26. The Balaban J connectivity index is 1.60. The van der Waals surface area contributed by atoms with E-state index in [1.165, 1.54) is 6.21 Å². The van der Waals surface area contributed by atoms with E-state index in [2.05, 4.69) is 17.5 Å². The van der Waals surface area contributed by atoms with Gasteiger partial charge >= 0.3 is 0 Å². The highest BCUT2D eigenvalue weighted by Gasteiger charge is 2.32. The molecule has 0 unspecified atom stereocenters. The van der Waals surface area contributed by atoms with E-state index in [-0.39, 0.29) is 9.99 Å². The lowest BCUT2D eigenvalue weighted by Crippen LogP contribution is -2.26. The number of amides is 1. The lowest BCUT2D eigenvalue weighted by molar-refractivity contribution is -0.121. The minimum absolute atomic E-state index is 0.0548. The molecule has 1 aromatic carbocycles. The van der Waals surface area contributed by atoms with Gasteiger partial charge in [-0.3, -0.25) is 4.79 Å². The largest absolute Gasteiger partial charge is 0.455 e. The van der Waals surface area contributed by atoms with Gasteiger partial charge in [-0.05, 0) is 37.3 Å². The van der Waals surface area contributed by atoms with Crippen molar-refractivity contribution in [3.63, 3.8) is 0 Å². The quantitative estimate of drug-likeness (QED) is 0.533. The number of carbonyl (C=O) groups is 1. The van der Waals surface area contributed by atoms with Crippen molar-refractivity contribution in [2.45, 2.75) is 17.4 Å². The van der Waals surface area contributed by atoms with Gasteiger partial charge in [-0.25, -0.2) is 5.43 Å². The monoisotopic (exact) mass is 414 g/mol. The molecule has 1 amide bonds. The molecule has 4 nitrogen and oxygen atoms in total. The van der Waals surface area contributed by atoms with Crippen LogP contribution >= 0.6 is 46.7 Å². The van der Waals surface area contributed by atoms with Crippen molar-refractivity contribution in [3.8, 4) is 11.3 Å². The van der Waals surface area contributed by atoms with Crippen molar-refractivity contribution in [3.05, 3.63) is 46.1 Å². The van der Waals surface area contributed by atoms with Crippen LogP contribution in [0.4, 0.5) is 0 Å². The highest BCUT2D eigenvalue weighted by Crippen LogP contribution is 2.45. The van der Waals surface area contributed by atoms with Crippen molar-refractivity contribution < 1.29 is 9.21 Å². The predicted octanol–water partition coefficient (Wildman–Crippen LogP) is 5.29. The second-order valence-corrected chi connectivity index (χ2v) is 9.92. The molecule has 1 saturated heterocycles. The van der Waals surface area contributed by atoms with E-state index in [0.29, 0.717) is 33.6 Å². The fraction of sp³-hybridized carbons (Fsp3) is 0.294. The average Bonchev–Trinajstić information content (AvgIpc) is 3.19. The van der Waals surface area contributed by atoms with E-state index in [4.69, 9.17) is 27.6 Å². The van der Waals surface area contributed by atoms with Crippen LogP contribution in [0.5, 0.6) is 0 Å². The smallest absolute Gasteiger partial charge is 0.242 e. The van der Waals surface area contributed by atoms with Crippen LogP contribution in [-0.4, -0.2) is 27.7 Å². The lowest BCUT2D eigenvalue weighted by atomic mass is 10.2. The van der Waals surface area contributed by atoms with Gasteiger partial charge in [-0.1, -0.05) is 23.2 Å². The molecule has 2 heterocycles. The average molecular weight is 415 g/mol. The summed E-state index contributed by atoms with van der Waals surface area (Å²) in [6, 6.07) is 8.72. The number of halogens is 2. The number of carbonyl (C=O) groups excluding carboxylic acids is 1. The van der Waals surface area contributed by atoms with Gasteiger partial charge in [0.05, 0.1) is 21.7 Å². The molecule has 3 rings (SSSR count). The van der Waals surface area contributed by atoms with Crippen LogP contribution in [0.2, 0.25) is 10.0 Å². The topological polar surface area (TPSA) is 54.6 Å². The van der Waals surface area contributed by atoms with Crippen molar-refractivity contribution >= 4 is 58.8 Å². The highest BCUT2D eigenvalue weighted by molar-refractivity contribution is 8.21. The Labute approximate surface area is 164 Å². The van der Waals surface area contributed by atoms with E-state index in [9.17, 15) is 4.79 Å². The first kappa shape index (κ1) is 18.7. The van der Waals surface area contributed by atoms with Crippen molar-refractivity contribution in [1.29, 1.82) is 0 Å². The predicted molar refractivity (Wildman–Crippen MR) is 108 cm³/mol. The van der Waals surface area contributed by atoms with E-state index in [1.807, 2.05) is 23.5 Å². The summed E-state index contributed by atoms with van der Waals surface area (Å²) in [6.45, 7) is 2.09. The van der Waals surface area contributed by atoms with Crippen LogP contribution in [0.25, 0.3) is 11.3 Å². The van der Waals surface area contributed by atoms with Gasteiger partial charge in [0.15, 0.2) is 0 Å². The van der Waals surface area contributed by atoms with Crippen LogP contribution in [0, 0.1) is 0 Å². The van der Waals surface area contributed by atoms with E-state index in [0.717, 1.165) is 11.5 Å². The van der Waals surface area contributed by atoms with Gasteiger partial charge in [0, 0.05) is 22.1 Å². The third kappa shape index (κ3) is 4.97. The number of hydrogen-bond donors (Lipinski definition) is 1. The van der Waals surface area contributed by atoms with Crippen molar-refractivity contribution in [2.24, 2.45) is 5.10 Å². The third-order valence-electron chi connectivity index (χ3n) is 3.58. The van der Waals surface area contributed by atoms with Gasteiger partial charge in [-0.15, -0.1) is 23.5 Å². The fourth-order valence-corrected chi connectivity index (χ4v) is 5.62. The summed E-state index contributed by atoms with van der Waals surface area (Å²) in [5, 5.41) is 5.10. The van der Waals surface area contributed by atoms with Crippen LogP contribution in [0.1, 0.15) is 19.1 Å². The molecule has 0 radical (unpaired) electrons. The van der Waals surface area contributed by atoms with Crippen molar-refractivity contribution in [2.75, 3.05) is 11.5 Å². The molecular formula is C17H16Cl2N2O2S2. The highest BCUT2D eigenvalue weighted by atomic mass is 35.5. The maximum Gasteiger partial charge on any atom is 0.242 e. The maximum atomic E-state index is 12.0. The van der Waals surface area contributed by atoms with Crippen LogP contribution < -0.4 is 5.43 Å². The number of rotatable bonds is 5. The number of nitrogens with one attached hydrogen (secondary N) is 1. The van der Waals surface area contributed by atoms with Crippen molar-refractivity contribution in [1.82, 2.24) is 5.43 Å². The number of benzene rings is 1. The lowest BCUT2D eigenvalue weighted by Gasteiger charge is -2.19. The molecule has 1 N–H and O–H groups in total. The number of hydrogen-bond acceptors (Lipinski definition) is 5. The van der Waals surface area contributed by atoms with Gasteiger partial charge in [0.25, 0.3) is 0 Å².